The van der Waals surface area contributed by atoms with Crippen LogP contribution in [0.25, 0.3) is 5.57 Å². The molecule has 2 aromatic rings. The zero-order valence-corrected chi connectivity index (χ0v) is 16.8. The van der Waals surface area contributed by atoms with Gasteiger partial charge in [0.15, 0.2) is 0 Å². The van der Waals surface area contributed by atoms with Gasteiger partial charge in [0.1, 0.15) is 18.0 Å². The number of likely N-dealkylation sites (N-methyl/N-ethyl adjacent to an activating group) is 1. The molecule has 0 radical (unpaired) electrons. The maximum atomic E-state index is 12.5. The van der Waals surface area contributed by atoms with Gasteiger partial charge in [-0.1, -0.05) is 13.0 Å². The second kappa shape index (κ2) is 9.64. The van der Waals surface area contributed by atoms with Crippen LogP contribution in [0.3, 0.4) is 0 Å². The van der Waals surface area contributed by atoms with Crippen LogP contribution >= 0.6 is 0 Å². The van der Waals surface area contributed by atoms with E-state index in [1.54, 1.807) is 12.3 Å². The van der Waals surface area contributed by atoms with Gasteiger partial charge < -0.3 is 14.7 Å². The number of benzene rings is 1. The molecule has 162 valence electrons. The van der Waals surface area contributed by atoms with Crippen molar-refractivity contribution in [2.24, 2.45) is 0 Å². The summed E-state index contributed by atoms with van der Waals surface area (Å²) in [7, 11) is 0. The molecule has 0 amide bonds. The minimum absolute atomic E-state index is 0.0655. The van der Waals surface area contributed by atoms with Gasteiger partial charge in [0, 0.05) is 36.4 Å². The number of nitrogens with zero attached hydrogens (tertiary/aromatic N) is 4. The van der Waals surface area contributed by atoms with Crippen LogP contribution in [-0.2, 0) is 0 Å². The van der Waals surface area contributed by atoms with Crippen LogP contribution in [0.5, 0.6) is 5.75 Å². The Morgan fingerprint density at radius 1 is 1.26 bits per heavy atom. The molecule has 3 rings (SSSR count). The molecule has 1 N–H and O–H groups in total. The summed E-state index contributed by atoms with van der Waals surface area (Å²) in [6, 6.07) is 9.40. The van der Waals surface area contributed by atoms with E-state index in [1.165, 1.54) is 30.5 Å². The van der Waals surface area contributed by atoms with Crippen molar-refractivity contribution in [3.63, 3.8) is 0 Å². The SMILES string of the molecule is CCN(CCO)C1C(c2cncc(C#N)c2)=CC=CN1c1ccc(OC(F)(F)F)cc1. The Kier molecular flexibility index (Phi) is 6.95. The monoisotopic (exact) mass is 430 g/mol. The molecule has 31 heavy (non-hydrogen) atoms. The second-order valence-corrected chi connectivity index (χ2v) is 6.71. The normalized spacial score (nSPS) is 16.2. The molecule has 1 aromatic carbocycles. The molecule has 1 aliphatic rings. The van der Waals surface area contributed by atoms with Crippen molar-refractivity contribution in [2.75, 3.05) is 24.6 Å². The molecule has 9 heteroatoms. The number of pyridine rings is 1. The Bertz CT molecular complexity index is 997. The summed E-state index contributed by atoms with van der Waals surface area (Å²) in [5.41, 5.74) is 2.64. The zero-order valence-electron chi connectivity index (χ0n) is 16.8. The van der Waals surface area contributed by atoms with E-state index in [-0.39, 0.29) is 18.5 Å². The molecule has 0 aliphatic carbocycles. The molecule has 0 fully saturated rings. The number of rotatable bonds is 7. The van der Waals surface area contributed by atoms with E-state index >= 15 is 0 Å². The highest BCUT2D eigenvalue weighted by Crippen LogP contribution is 2.34. The highest BCUT2D eigenvalue weighted by atomic mass is 19.4. The third-order valence-electron chi connectivity index (χ3n) is 4.77. The first-order valence-corrected chi connectivity index (χ1v) is 9.59. The van der Waals surface area contributed by atoms with Crippen molar-refractivity contribution in [1.82, 2.24) is 9.88 Å². The fraction of sp³-hybridized carbons (Fsp3) is 0.273. The maximum Gasteiger partial charge on any atom is 0.573 e. The number of nitriles is 1. The topological polar surface area (TPSA) is 72.6 Å². The third kappa shape index (κ3) is 5.42. The predicted octanol–water partition coefficient (Wildman–Crippen LogP) is 3.91. The summed E-state index contributed by atoms with van der Waals surface area (Å²) in [5.74, 6) is -0.307. The average molecular weight is 430 g/mol. The van der Waals surface area contributed by atoms with E-state index in [9.17, 15) is 23.5 Å². The number of alkyl halides is 3. The number of hydrogen-bond acceptors (Lipinski definition) is 6. The van der Waals surface area contributed by atoms with Crippen molar-refractivity contribution < 1.29 is 23.0 Å². The first-order valence-electron chi connectivity index (χ1n) is 9.59. The molecule has 1 aliphatic heterocycles. The Balaban J connectivity index is 2.00. The van der Waals surface area contributed by atoms with Gasteiger partial charge in [0.05, 0.1) is 12.2 Å². The molecule has 1 aromatic heterocycles. The summed E-state index contributed by atoms with van der Waals surface area (Å²) in [6.45, 7) is 2.87. The van der Waals surface area contributed by atoms with Crippen LogP contribution in [0.1, 0.15) is 18.1 Å². The molecular formula is C22H21F3N4O2. The lowest BCUT2D eigenvalue weighted by Gasteiger charge is -2.41. The van der Waals surface area contributed by atoms with Crippen molar-refractivity contribution in [2.45, 2.75) is 19.5 Å². The highest BCUT2D eigenvalue weighted by Gasteiger charge is 2.32. The minimum atomic E-state index is -4.76. The molecule has 0 spiro atoms. The third-order valence-corrected chi connectivity index (χ3v) is 4.77. The Hall–Kier alpha value is -3.35. The van der Waals surface area contributed by atoms with Gasteiger partial charge in [-0.3, -0.25) is 9.88 Å². The smallest absolute Gasteiger partial charge is 0.406 e. The molecule has 6 nitrogen and oxygen atoms in total. The average Bonchev–Trinajstić information content (AvgIpc) is 2.76. The first-order chi connectivity index (χ1) is 14.9. The van der Waals surface area contributed by atoms with Crippen LogP contribution in [0.15, 0.2) is 61.1 Å². The van der Waals surface area contributed by atoms with Crippen molar-refractivity contribution in [1.29, 1.82) is 5.26 Å². The van der Waals surface area contributed by atoms with Gasteiger partial charge in [0.25, 0.3) is 0 Å². The van der Waals surface area contributed by atoms with Crippen LogP contribution in [0, 0.1) is 11.3 Å². The molecule has 0 saturated heterocycles. The molecular weight excluding hydrogens is 409 g/mol. The number of aliphatic hydroxyl groups excluding tert-OH is 1. The van der Waals surface area contributed by atoms with E-state index in [2.05, 4.69) is 15.8 Å². The first kappa shape index (κ1) is 22.3. The largest absolute Gasteiger partial charge is 0.573 e. The number of halogens is 3. The van der Waals surface area contributed by atoms with E-state index in [4.69, 9.17) is 0 Å². The lowest BCUT2D eigenvalue weighted by Crippen LogP contribution is -2.49. The number of anilines is 1. The van der Waals surface area contributed by atoms with E-state index in [1.807, 2.05) is 35.1 Å². The quantitative estimate of drug-likeness (QED) is 0.718. The van der Waals surface area contributed by atoms with Gasteiger partial charge in [-0.25, -0.2) is 0 Å². The van der Waals surface area contributed by atoms with Crippen LogP contribution in [0.4, 0.5) is 18.9 Å². The van der Waals surface area contributed by atoms with Gasteiger partial charge >= 0.3 is 6.36 Å². The Morgan fingerprint density at radius 3 is 2.61 bits per heavy atom. The minimum Gasteiger partial charge on any atom is -0.406 e. The van der Waals surface area contributed by atoms with E-state index in [0.29, 0.717) is 24.3 Å². The molecule has 1 atom stereocenters. The fourth-order valence-corrected chi connectivity index (χ4v) is 3.46. The van der Waals surface area contributed by atoms with Crippen LogP contribution in [0.2, 0.25) is 0 Å². The number of hydrogen-bond donors (Lipinski definition) is 1. The molecule has 1 unspecified atom stereocenters. The number of aliphatic hydroxyl groups is 1. The van der Waals surface area contributed by atoms with Crippen LogP contribution < -0.4 is 9.64 Å². The molecule has 0 bridgehead atoms. The van der Waals surface area contributed by atoms with Gasteiger partial charge in [0.2, 0.25) is 0 Å². The van der Waals surface area contributed by atoms with Crippen LogP contribution in [-0.4, -0.2) is 47.2 Å². The van der Waals surface area contributed by atoms with Crippen molar-refractivity contribution in [3.8, 4) is 11.8 Å². The van der Waals surface area contributed by atoms with Gasteiger partial charge in [-0.15, -0.1) is 13.2 Å². The van der Waals surface area contributed by atoms with E-state index < -0.39 is 6.36 Å². The lowest BCUT2D eigenvalue weighted by molar-refractivity contribution is -0.274. The van der Waals surface area contributed by atoms with Crippen molar-refractivity contribution >= 4 is 11.3 Å². The lowest BCUT2D eigenvalue weighted by atomic mass is 9.98. The molecule has 0 saturated carbocycles. The summed E-state index contributed by atoms with van der Waals surface area (Å²) in [6.07, 6.45) is 3.54. The Labute approximate surface area is 178 Å². The number of ether oxygens (including phenoxy) is 1. The standard InChI is InChI=1S/C22H21F3N4O2/c1-2-28(10-11-30)21-20(17-12-16(13-26)14-27-15-17)4-3-9-29(21)18-5-7-19(8-6-18)31-22(23,24)25/h3-9,12,14-15,21,30H,2,10-11H2,1H3. The van der Waals surface area contributed by atoms with Gasteiger partial charge in [-0.05, 0) is 48.5 Å². The predicted molar refractivity (Wildman–Crippen MR) is 110 cm³/mol. The number of allylic oxidation sites excluding steroid dienone is 2. The summed E-state index contributed by atoms with van der Waals surface area (Å²) < 4.78 is 41.4. The second-order valence-electron chi connectivity index (χ2n) is 6.71. The highest BCUT2D eigenvalue weighted by molar-refractivity contribution is 5.77. The maximum absolute atomic E-state index is 12.5. The summed E-state index contributed by atoms with van der Waals surface area (Å²) in [5, 5.41) is 18.8. The van der Waals surface area contributed by atoms with Gasteiger partial charge in [-0.2, -0.15) is 5.26 Å². The molecule has 2 heterocycles. The summed E-state index contributed by atoms with van der Waals surface area (Å²) in [4.78, 5) is 8.06. The van der Waals surface area contributed by atoms with Crippen molar-refractivity contribution in [3.05, 3.63) is 72.2 Å². The van der Waals surface area contributed by atoms with E-state index in [0.717, 1.165) is 11.1 Å². The fourth-order valence-electron chi connectivity index (χ4n) is 3.46. The number of aromatic nitrogens is 1. The summed E-state index contributed by atoms with van der Waals surface area (Å²) >= 11 is 0. The Morgan fingerprint density at radius 2 is 2.00 bits per heavy atom. The zero-order chi connectivity index (χ0) is 22.4.